The maximum absolute atomic E-state index is 11.6. The van der Waals surface area contributed by atoms with Gasteiger partial charge in [0.2, 0.25) is 0 Å². The number of hydrogen-bond donors (Lipinski definition) is 0. The molecule has 0 aliphatic carbocycles. The zero-order valence-electron chi connectivity index (χ0n) is 13.5. The van der Waals surface area contributed by atoms with Gasteiger partial charge in [-0.3, -0.25) is 0 Å². The average molecular weight is 369 g/mol. The van der Waals surface area contributed by atoms with Crippen molar-refractivity contribution in [2.24, 2.45) is 0 Å². The third-order valence-corrected chi connectivity index (χ3v) is 5.94. The molecule has 0 saturated carbocycles. The van der Waals surface area contributed by atoms with Crippen molar-refractivity contribution in [1.82, 2.24) is 14.8 Å². The highest BCUT2D eigenvalue weighted by Gasteiger charge is 2.10. The van der Waals surface area contributed by atoms with Gasteiger partial charge in [-0.15, -0.1) is 11.3 Å². The van der Waals surface area contributed by atoms with Crippen molar-refractivity contribution in [2.45, 2.75) is 11.4 Å². The van der Waals surface area contributed by atoms with Crippen LogP contribution in [-0.2, 0) is 16.4 Å². The molecule has 0 saturated heterocycles. The van der Waals surface area contributed by atoms with E-state index >= 15 is 0 Å². The van der Waals surface area contributed by atoms with E-state index in [4.69, 9.17) is 4.98 Å². The van der Waals surface area contributed by atoms with Gasteiger partial charge in [-0.2, -0.15) is 5.10 Å². The van der Waals surface area contributed by atoms with E-state index in [-0.39, 0.29) is 0 Å². The Morgan fingerprint density at radius 2 is 1.88 bits per heavy atom. The number of pyridine rings is 1. The van der Waals surface area contributed by atoms with Gasteiger partial charge in [0.1, 0.15) is 0 Å². The summed E-state index contributed by atoms with van der Waals surface area (Å²) in [7, 11) is -3.20. The number of hydrogen-bond acceptors (Lipinski definition) is 5. The molecule has 0 aliphatic heterocycles. The fraction of sp³-hybridized carbons (Fsp3) is 0.111. The molecule has 5 nitrogen and oxygen atoms in total. The Morgan fingerprint density at radius 1 is 1.08 bits per heavy atom. The minimum absolute atomic E-state index is 0.306. The third kappa shape index (κ3) is 3.20. The first-order valence-electron chi connectivity index (χ1n) is 7.66. The predicted octanol–water partition coefficient (Wildman–Crippen LogP) is 3.61. The summed E-state index contributed by atoms with van der Waals surface area (Å²) in [6.07, 6.45) is 3.02. The van der Waals surface area contributed by atoms with Gasteiger partial charge in [0.25, 0.3) is 0 Å². The average Bonchev–Trinajstić information content (AvgIpc) is 3.24. The van der Waals surface area contributed by atoms with Gasteiger partial charge in [-0.1, -0.05) is 18.2 Å². The summed E-state index contributed by atoms with van der Waals surface area (Å²) in [6, 6.07) is 14.8. The van der Waals surface area contributed by atoms with Crippen LogP contribution < -0.4 is 0 Å². The maximum Gasteiger partial charge on any atom is 0.175 e. The molecule has 0 aliphatic rings. The van der Waals surface area contributed by atoms with E-state index in [1.807, 2.05) is 34.5 Å². The highest BCUT2D eigenvalue weighted by Crippen LogP contribution is 2.23. The van der Waals surface area contributed by atoms with E-state index in [9.17, 15) is 8.42 Å². The lowest BCUT2D eigenvalue weighted by Crippen LogP contribution is -2.01. The summed E-state index contributed by atoms with van der Waals surface area (Å²) in [5, 5.41) is 7.46. The smallest absolute Gasteiger partial charge is 0.175 e. The Kier molecular flexibility index (Phi) is 3.89. The van der Waals surface area contributed by atoms with Crippen molar-refractivity contribution in [3.8, 4) is 11.3 Å². The van der Waals surface area contributed by atoms with E-state index in [0.29, 0.717) is 11.4 Å². The van der Waals surface area contributed by atoms with Gasteiger partial charge in [-0.25, -0.2) is 18.1 Å². The molecule has 3 heterocycles. The largest absolute Gasteiger partial charge is 0.242 e. The van der Waals surface area contributed by atoms with E-state index in [1.165, 1.54) is 11.1 Å². The lowest BCUT2D eigenvalue weighted by atomic mass is 10.1. The second-order valence-corrected chi connectivity index (χ2v) is 8.84. The van der Waals surface area contributed by atoms with Crippen LogP contribution >= 0.6 is 11.3 Å². The lowest BCUT2D eigenvalue weighted by Gasteiger charge is -2.05. The van der Waals surface area contributed by atoms with Crippen LogP contribution in [0.1, 0.15) is 4.88 Å². The molecule has 0 bridgehead atoms. The van der Waals surface area contributed by atoms with Gasteiger partial charge in [-0.05, 0) is 35.7 Å². The van der Waals surface area contributed by atoms with Crippen LogP contribution in [0.3, 0.4) is 0 Å². The number of nitrogens with zero attached hydrogens (tertiary/aromatic N) is 3. The van der Waals surface area contributed by atoms with E-state index < -0.39 is 9.84 Å². The highest BCUT2D eigenvalue weighted by molar-refractivity contribution is 7.90. The number of rotatable bonds is 4. The highest BCUT2D eigenvalue weighted by atomic mass is 32.2. The molecular formula is C18H15N3O2S2. The maximum atomic E-state index is 11.6. The zero-order chi connectivity index (χ0) is 17.4. The summed E-state index contributed by atoms with van der Waals surface area (Å²) < 4.78 is 25.1. The fourth-order valence-corrected chi connectivity index (χ4v) is 3.97. The Balaban J connectivity index is 1.73. The number of aromatic nitrogens is 3. The lowest BCUT2D eigenvalue weighted by molar-refractivity contribution is 0.602. The minimum atomic E-state index is -3.20. The summed E-state index contributed by atoms with van der Waals surface area (Å²) in [5.74, 6) is 0. The first-order valence-corrected chi connectivity index (χ1v) is 10.4. The van der Waals surface area contributed by atoms with Gasteiger partial charge in [0.15, 0.2) is 15.5 Å². The van der Waals surface area contributed by atoms with E-state index in [1.54, 1.807) is 35.6 Å². The zero-order valence-corrected chi connectivity index (χ0v) is 15.1. The van der Waals surface area contributed by atoms with Crippen LogP contribution in [-0.4, -0.2) is 29.4 Å². The van der Waals surface area contributed by atoms with Crippen molar-refractivity contribution in [3.63, 3.8) is 0 Å². The molecule has 0 atom stereocenters. The molecule has 4 rings (SSSR count). The fourth-order valence-electron chi connectivity index (χ4n) is 2.65. The molecule has 0 spiro atoms. The molecule has 0 unspecified atom stereocenters. The molecule has 3 aromatic heterocycles. The third-order valence-electron chi connectivity index (χ3n) is 3.95. The number of benzene rings is 1. The molecule has 0 amide bonds. The summed E-state index contributed by atoms with van der Waals surface area (Å²) >= 11 is 1.69. The van der Waals surface area contributed by atoms with Gasteiger partial charge < -0.3 is 0 Å². The monoisotopic (exact) mass is 369 g/mol. The van der Waals surface area contributed by atoms with Crippen LogP contribution in [0.4, 0.5) is 0 Å². The normalized spacial score (nSPS) is 11.9. The van der Waals surface area contributed by atoms with Crippen molar-refractivity contribution < 1.29 is 8.42 Å². The molecule has 7 heteroatoms. The number of fused-ring (bicyclic) bond motifs is 1. The quantitative estimate of drug-likeness (QED) is 0.551. The Labute approximate surface area is 149 Å². The standard InChI is InChI=1S/C18H15N3O2S2/c1-25(22,23)16-7-4-13(5-8-16)17-9-6-14-11-19-21(18(14)20-17)12-15-3-2-10-24-15/h2-11H,12H2,1H3. The first-order chi connectivity index (χ1) is 12.0. The van der Waals surface area contributed by atoms with Crippen molar-refractivity contribution >= 4 is 32.2 Å². The van der Waals surface area contributed by atoms with E-state index in [0.717, 1.165) is 22.3 Å². The van der Waals surface area contributed by atoms with Crippen LogP contribution in [0.25, 0.3) is 22.3 Å². The predicted molar refractivity (Wildman–Crippen MR) is 99.5 cm³/mol. The molecule has 1 aromatic carbocycles. The van der Waals surface area contributed by atoms with Crippen molar-refractivity contribution in [2.75, 3.05) is 6.26 Å². The second kappa shape index (κ2) is 6.09. The SMILES string of the molecule is CS(=O)(=O)c1ccc(-c2ccc3cnn(Cc4cccs4)c3n2)cc1. The topological polar surface area (TPSA) is 64.8 Å². The molecule has 0 fully saturated rings. The molecule has 0 radical (unpaired) electrons. The molecule has 25 heavy (non-hydrogen) atoms. The molecule has 0 N–H and O–H groups in total. The van der Waals surface area contributed by atoms with Gasteiger partial charge in [0.05, 0.1) is 23.3 Å². The van der Waals surface area contributed by atoms with Crippen LogP contribution in [0.5, 0.6) is 0 Å². The molecular weight excluding hydrogens is 354 g/mol. The Hall–Kier alpha value is -2.51. The van der Waals surface area contributed by atoms with Crippen molar-refractivity contribution in [3.05, 3.63) is 65.0 Å². The van der Waals surface area contributed by atoms with Gasteiger partial charge in [0, 0.05) is 22.1 Å². The minimum Gasteiger partial charge on any atom is -0.242 e. The van der Waals surface area contributed by atoms with Crippen LogP contribution in [0.15, 0.2) is 65.0 Å². The molecule has 126 valence electrons. The Bertz CT molecular complexity index is 1130. The van der Waals surface area contributed by atoms with Crippen LogP contribution in [0, 0.1) is 0 Å². The van der Waals surface area contributed by atoms with Crippen molar-refractivity contribution in [1.29, 1.82) is 0 Å². The number of sulfone groups is 1. The first kappa shape index (κ1) is 16.0. The summed E-state index contributed by atoms with van der Waals surface area (Å²) in [5.41, 5.74) is 2.48. The summed E-state index contributed by atoms with van der Waals surface area (Å²) in [6.45, 7) is 0.685. The Morgan fingerprint density at radius 3 is 2.56 bits per heavy atom. The molecule has 4 aromatic rings. The van der Waals surface area contributed by atoms with Crippen LogP contribution in [0.2, 0.25) is 0 Å². The van der Waals surface area contributed by atoms with Gasteiger partial charge >= 0.3 is 0 Å². The van der Waals surface area contributed by atoms with E-state index in [2.05, 4.69) is 11.2 Å². The number of thiophene rings is 1. The second-order valence-electron chi connectivity index (χ2n) is 5.79. The summed E-state index contributed by atoms with van der Waals surface area (Å²) in [4.78, 5) is 6.26.